The summed E-state index contributed by atoms with van der Waals surface area (Å²) in [4.78, 5) is 36.4. The van der Waals surface area contributed by atoms with Crippen LogP contribution in [0.15, 0.2) is 66.0 Å². The fraction of sp³-hybridized carbons (Fsp3) is 0. The van der Waals surface area contributed by atoms with Crippen molar-refractivity contribution in [1.82, 2.24) is 0 Å². The molecule has 0 bridgehead atoms. The van der Waals surface area contributed by atoms with Crippen LogP contribution in [0.25, 0.3) is 0 Å². The van der Waals surface area contributed by atoms with Crippen molar-refractivity contribution in [3.63, 3.8) is 0 Å². The standard InChI is InChI=1S/C19H16N4O3S/c20-19(26)22-13-6-3-5-12(11-13)21-17(24)14-7-1-2-8-15(14)23-18(25)16-9-4-10-27-16/h1-11H,(H,21,24)(H,23,25)(H3,20,22,26). The van der Waals surface area contributed by atoms with Gasteiger partial charge in [0.05, 0.1) is 16.1 Å². The summed E-state index contributed by atoms with van der Waals surface area (Å²) >= 11 is 1.32. The van der Waals surface area contributed by atoms with Gasteiger partial charge in [0.15, 0.2) is 0 Å². The van der Waals surface area contributed by atoms with E-state index < -0.39 is 11.9 Å². The van der Waals surface area contributed by atoms with E-state index in [1.54, 1.807) is 66.0 Å². The summed E-state index contributed by atoms with van der Waals surface area (Å²) in [6, 6.07) is 16.1. The molecule has 27 heavy (non-hydrogen) atoms. The van der Waals surface area contributed by atoms with E-state index in [0.29, 0.717) is 27.5 Å². The lowest BCUT2D eigenvalue weighted by Crippen LogP contribution is -2.20. The highest BCUT2D eigenvalue weighted by molar-refractivity contribution is 7.12. The van der Waals surface area contributed by atoms with Crippen molar-refractivity contribution in [3.8, 4) is 0 Å². The number of thiophene rings is 1. The predicted octanol–water partition coefficient (Wildman–Crippen LogP) is 3.74. The van der Waals surface area contributed by atoms with Gasteiger partial charge in [-0.05, 0) is 41.8 Å². The second-order valence-corrected chi connectivity index (χ2v) is 6.45. The minimum Gasteiger partial charge on any atom is -0.351 e. The maximum Gasteiger partial charge on any atom is 0.316 e. The number of hydrogen-bond acceptors (Lipinski definition) is 4. The molecular formula is C19H16N4O3S. The number of carbonyl (C=O) groups excluding carboxylic acids is 3. The molecule has 7 nitrogen and oxygen atoms in total. The molecule has 0 atom stereocenters. The maximum absolute atomic E-state index is 12.7. The van der Waals surface area contributed by atoms with Crippen LogP contribution in [0.2, 0.25) is 0 Å². The molecule has 0 aliphatic rings. The van der Waals surface area contributed by atoms with Crippen LogP contribution in [0.5, 0.6) is 0 Å². The fourth-order valence-electron chi connectivity index (χ4n) is 2.40. The van der Waals surface area contributed by atoms with Gasteiger partial charge in [0.2, 0.25) is 0 Å². The van der Waals surface area contributed by atoms with E-state index in [4.69, 9.17) is 5.73 Å². The molecule has 1 aromatic heterocycles. The molecule has 0 fully saturated rings. The lowest BCUT2D eigenvalue weighted by molar-refractivity contribution is 0.102. The van der Waals surface area contributed by atoms with Gasteiger partial charge in [0.1, 0.15) is 0 Å². The Morgan fingerprint density at radius 1 is 0.778 bits per heavy atom. The van der Waals surface area contributed by atoms with Crippen LogP contribution >= 0.6 is 11.3 Å². The van der Waals surface area contributed by atoms with Gasteiger partial charge in [-0.2, -0.15) is 0 Å². The highest BCUT2D eigenvalue weighted by Gasteiger charge is 2.15. The average molecular weight is 380 g/mol. The number of anilines is 3. The zero-order valence-corrected chi connectivity index (χ0v) is 14.9. The van der Waals surface area contributed by atoms with Crippen LogP contribution in [-0.4, -0.2) is 17.8 Å². The Bertz CT molecular complexity index is 986. The largest absolute Gasteiger partial charge is 0.351 e. The summed E-state index contributed by atoms with van der Waals surface area (Å²) in [5, 5.41) is 9.74. The Kier molecular flexibility index (Phi) is 5.48. The fourth-order valence-corrected chi connectivity index (χ4v) is 3.02. The average Bonchev–Trinajstić information content (AvgIpc) is 3.16. The predicted molar refractivity (Wildman–Crippen MR) is 106 cm³/mol. The van der Waals surface area contributed by atoms with Crippen LogP contribution in [0.1, 0.15) is 20.0 Å². The van der Waals surface area contributed by atoms with Crippen molar-refractivity contribution in [2.24, 2.45) is 5.73 Å². The number of para-hydroxylation sites is 1. The highest BCUT2D eigenvalue weighted by atomic mass is 32.1. The van der Waals surface area contributed by atoms with Gasteiger partial charge in [-0.3, -0.25) is 9.59 Å². The lowest BCUT2D eigenvalue weighted by Gasteiger charge is -2.12. The van der Waals surface area contributed by atoms with E-state index in [1.165, 1.54) is 11.3 Å². The third-order valence-electron chi connectivity index (χ3n) is 3.55. The van der Waals surface area contributed by atoms with Gasteiger partial charge < -0.3 is 21.7 Å². The third-order valence-corrected chi connectivity index (χ3v) is 4.42. The number of rotatable bonds is 5. The Hall–Kier alpha value is -3.65. The second-order valence-electron chi connectivity index (χ2n) is 5.50. The van der Waals surface area contributed by atoms with Gasteiger partial charge in [0, 0.05) is 11.4 Å². The molecule has 4 amide bonds. The van der Waals surface area contributed by atoms with Crippen LogP contribution < -0.4 is 21.7 Å². The maximum atomic E-state index is 12.7. The smallest absolute Gasteiger partial charge is 0.316 e. The van der Waals surface area contributed by atoms with Crippen LogP contribution in [0.4, 0.5) is 21.9 Å². The van der Waals surface area contributed by atoms with Crippen LogP contribution in [-0.2, 0) is 0 Å². The van der Waals surface area contributed by atoms with Gasteiger partial charge >= 0.3 is 6.03 Å². The molecule has 2 aromatic carbocycles. The van der Waals surface area contributed by atoms with E-state index in [1.807, 2.05) is 0 Å². The second kappa shape index (κ2) is 8.15. The topological polar surface area (TPSA) is 113 Å². The number of hydrogen-bond donors (Lipinski definition) is 4. The zero-order valence-electron chi connectivity index (χ0n) is 14.1. The molecule has 1 heterocycles. The van der Waals surface area contributed by atoms with Crippen molar-refractivity contribution in [3.05, 3.63) is 76.5 Å². The molecule has 136 valence electrons. The molecule has 0 radical (unpaired) electrons. The molecule has 0 aliphatic heterocycles. The Labute approximate surface area is 159 Å². The monoisotopic (exact) mass is 380 g/mol. The van der Waals surface area contributed by atoms with Gasteiger partial charge in [0.25, 0.3) is 11.8 Å². The van der Waals surface area contributed by atoms with Crippen LogP contribution in [0, 0.1) is 0 Å². The quantitative estimate of drug-likeness (QED) is 0.540. The summed E-state index contributed by atoms with van der Waals surface area (Å²) in [6.45, 7) is 0. The summed E-state index contributed by atoms with van der Waals surface area (Å²) in [7, 11) is 0. The first-order chi connectivity index (χ1) is 13.0. The third kappa shape index (κ3) is 4.71. The number of urea groups is 1. The molecule has 0 aliphatic carbocycles. The summed E-state index contributed by atoms with van der Waals surface area (Å²) in [5.41, 5.74) is 6.75. The van der Waals surface area contributed by atoms with E-state index >= 15 is 0 Å². The normalized spacial score (nSPS) is 10.1. The van der Waals surface area contributed by atoms with Gasteiger partial charge in [-0.15, -0.1) is 11.3 Å². The minimum absolute atomic E-state index is 0.280. The minimum atomic E-state index is -0.694. The van der Waals surface area contributed by atoms with Crippen molar-refractivity contribution < 1.29 is 14.4 Å². The molecule has 3 aromatic rings. The molecule has 0 unspecified atom stereocenters. The molecular weight excluding hydrogens is 364 g/mol. The molecule has 0 saturated heterocycles. The molecule has 0 saturated carbocycles. The molecule has 0 spiro atoms. The van der Waals surface area contributed by atoms with E-state index in [2.05, 4.69) is 16.0 Å². The number of carbonyl (C=O) groups is 3. The highest BCUT2D eigenvalue weighted by Crippen LogP contribution is 2.21. The Morgan fingerprint density at radius 2 is 1.52 bits per heavy atom. The van der Waals surface area contributed by atoms with Gasteiger partial charge in [-0.1, -0.05) is 24.3 Å². The molecule has 8 heteroatoms. The number of amides is 4. The Morgan fingerprint density at radius 3 is 2.22 bits per heavy atom. The summed E-state index contributed by atoms with van der Waals surface area (Å²) < 4.78 is 0. The number of primary amides is 1. The van der Waals surface area contributed by atoms with Gasteiger partial charge in [-0.25, -0.2) is 4.79 Å². The first-order valence-electron chi connectivity index (χ1n) is 7.94. The number of nitrogens with two attached hydrogens (primary N) is 1. The van der Waals surface area contributed by atoms with E-state index in [0.717, 1.165) is 0 Å². The van der Waals surface area contributed by atoms with Crippen molar-refractivity contribution >= 4 is 46.2 Å². The Balaban J connectivity index is 1.77. The SMILES string of the molecule is NC(=O)Nc1cccc(NC(=O)c2ccccc2NC(=O)c2cccs2)c1. The summed E-state index contributed by atoms with van der Waals surface area (Å²) in [6.07, 6.45) is 0. The lowest BCUT2D eigenvalue weighted by atomic mass is 10.1. The van der Waals surface area contributed by atoms with Crippen molar-refractivity contribution in [2.75, 3.05) is 16.0 Å². The van der Waals surface area contributed by atoms with E-state index in [9.17, 15) is 14.4 Å². The van der Waals surface area contributed by atoms with Crippen LogP contribution in [0.3, 0.4) is 0 Å². The molecule has 5 N–H and O–H groups in total. The van der Waals surface area contributed by atoms with Crippen molar-refractivity contribution in [1.29, 1.82) is 0 Å². The molecule has 3 rings (SSSR count). The first-order valence-corrected chi connectivity index (χ1v) is 8.82. The van der Waals surface area contributed by atoms with Crippen molar-refractivity contribution in [2.45, 2.75) is 0 Å². The number of nitrogens with one attached hydrogen (secondary N) is 3. The first kappa shape index (κ1) is 18.2. The number of benzene rings is 2. The van der Waals surface area contributed by atoms with E-state index in [-0.39, 0.29) is 5.91 Å². The zero-order chi connectivity index (χ0) is 19.2. The summed E-state index contributed by atoms with van der Waals surface area (Å²) in [5.74, 6) is -0.675.